The van der Waals surface area contributed by atoms with Crippen LogP contribution in [0.1, 0.15) is 56.0 Å². The third kappa shape index (κ3) is 1.92. The van der Waals surface area contributed by atoms with E-state index in [0.29, 0.717) is 6.04 Å². The Morgan fingerprint density at radius 1 is 1.15 bits per heavy atom. The average Bonchev–Trinajstić information content (AvgIpc) is 3.36. The second-order valence-electron chi connectivity index (χ2n) is 6.11. The summed E-state index contributed by atoms with van der Waals surface area (Å²) in [5.41, 5.74) is 9.95. The Balaban J connectivity index is 1.73. The monoisotopic (exact) mass is 267 g/mol. The highest BCUT2D eigenvalue weighted by molar-refractivity contribution is 5.71. The molecule has 3 heteroatoms. The molecule has 0 bridgehead atoms. The van der Waals surface area contributed by atoms with E-state index in [4.69, 9.17) is 10.7 Å². The predicted molar refractivity (Wildman–Crippen MR) is 81.7 cm³/mol. The minimum Gasteiger partial charge on any atom is -0.383 e. The summed E-state index contributed by atoms with van der Waals surface area (Å²) in [6, 6.07) is 9.45. The maximum Gasteiger partial charge on any atom is 0.131 e. The number of hydrogen-bond acceptors (Lipinski definition) is 2. The number of anilines is 1. The van der Waals surface area contributed by atoms with Gasteiger partial charge in [0, 0.05) is 18.0 Å². The van der Waals surface area contributed by atoms with Gasteiger partial charge in [-0.1, -0.05) is 31.2 Å². The number of rotatable bonds is 4. The zero-order chi connectivity index (χ0) is 13.7. The highest BCUT2D eigenvalue weighted by Crippen LogP contribution is 2.42. The molecule has 20 heavy (non-hydrogen) atoms. The van der Waals surface area contributed by atoms with Crippen LogP contribution in [0, 0.1) is 0 Å². The Morgan fingerprint density at radius 3 is 2.40 bits per heavy atom. The zero-order valence-electron chi connectivity index (χ0n) is 12.0. The molecule has 2 fully saturated rings. The van der Waals surface area contributed by atoms with E-state index in [0.717, 1.165) is 35.2 Å². The second kappa shape index (κ2) is 4.37. The maximum absolute atomic E-state index is 6.36. The topological polar surface area (TPSA) is 43.8 Å². The first-order valence-electron chi connectivity index (χ1n) is 7.74. The third-order valence-electron chi connectivity index (χ3n) is 4.48. The molecule has 3 nitrogen and oxygen atoms in total. The quantitative estimate of drug-likeness (QED) is 0.912. The van der Waals surface area contributed by atoms with Gasteiger partial charge < -0.3 is 10.3 Å². The van der Waals surface area contributed by atoms with Gasteiger partial charge in [-0.05, 0) is 37.2 Å². The number of imidazole rings is 1. The van der Waals surface area contributed by atoms with E-state index in [1.165, 1.54) is 31.2 Å². The SMILES string of the molecule is CCc1nc(-c2ccc(C3CC3)cc2)c(N)n1C1CC1. The molecule has 1 aromatic carbocycles. The number of benzene rings is 1. The van der Waals surface area contributed by atoms with Crippen molar-refractivity contribution in [3.8, 4) is 11.3 Å². The van der Waals surface area contributed by atoms with Gasteiger partial charge in [0.2, 0.25) is 0 Å². The minimum absolute atomic E-state index is 0.594. The van der Waals surface area contributed by atoms with Gasteiger partial charge in [0.25, 0.3) is 0 Å². The molecule has 1 aromatic heterocycles. The van der Waals surface area contributed by atoms with Crippen molar-refractivity contribution in [2.75, 3.05) is 5.73 Å². The predicted octanol–water partition coefficient (Wildman–Crippen LogP) is 3.91. The smallest absolute Gasteiger partial charge is 0.131 e. The van der Waals surface area contributed by atoms with E-state index in [2.05, 4.69) is 35.8 Å². The summed E-state index contributed by atoms with van der Waals surface area (Å²) in [6.45, 7) is 2.15. The summed E-state index contributed by atoms with van der Waals surface area (Å²) < 4.78 is 2.25. The normalized spacial score (nSPS) is 18.4. The van der Waals surface area contributed by atoms with Gasteiger partial charge in [-0.3, -0.25) is 0 Å². The van der Waals surface area contributed by atoms with Crippen LogP contribution in [0.3, 0.4) is 0 Å². The van der Waals surface area contributed by atoms with Crippen LogP contribution < -0.4 is 5.73 Å². The van der Waals surface area contributed by atoms with Gasteiger partial charge in [0.1, 0.15) is 17.3 Å². The van der Waals surface area contributed by atoms with Crippen molar-refractivity contribution in [2.45, 2.75) is 51.0 Å². The van der Waals surface area contributed by atoms with Gasteiger partial charge in [0.15, 0.2) is 0 Å². The number of aromatic nitrogens is 2. The fraction of sp³-hybridized carbons (Fsp3) is 0.471. The molecule has 4 rings (SSSR count). The molecule has 0 radical (unpaired) electrons. The highest BCUT2D eigenvalue weighted by Gasteiger charge is 2.29. The molecule has 0 spiro atoms. The standard InChI is InChI=1S/C17H21N3/c1-2-15-19-16(17(18)20(15)14-9-10-14)13-7-5-12(6-8-13)11-3-4-11/h5-8,11,14H,2-4,9-10,18H2,1H3. The Kier molecular flexibility index (Phi) is 2.62. The fourth-order valence-corrected chi connectivity index (χ4v) is 3.03. The van der Waals surface area contributed by atoms with Crippen molar-refractivity contribution >= 4 is 5.82 Å². The van der Waals surface area contributed by atoms with Gasteiger partial charge in [-0.2, -0.15) is 0 Å². The fourth-order valence-electron chi connectivity index (χ4n) is 3.03. The second-order valence-corrected chi connectivity index (χ2v) is 6.11. The zero-order valence-corrected chi connectivity index (χ0v) is 12.0. The van der Waals surface area contributed by atoms with Crippen LogP contribution in [0.5, 0.6) is 0 Å². The maximum atomic E-state index is 6.36. The van der Waals surface area contributed by atoms with Crippen LogP contribution in [0.4, 0.5) is 5.82 Å². The molecule has 2 aliphatic carbocycles. The Bertz CT molecular complexity index is 631. The summed E-state index contributed by atoms with van der Waals surface area (Å²) in [4.78, 5) is 4.79. The van der Waals surface area contributed by atoms with E-state index in [1.807, 2.05) is 0 Å². The van der Waals surface area contributed by atoms with Crippen LogP contribution in [0.15, 0.2) is 24.3 Å². The molecule has 2 aliphatic rings. The Morgan fingerprint density at radius 2 is 1.85 bits per heavy atom. The lowest BCUT2D eigenvalue weighted by molar-refractivity contribution is 0.696. The molecule has 2 saturated carbocycles. The van der Waals surface area contributed by atoms with Gasteiger partial charge >= 0.3 is 0 Å². The van der Waals surface area contributed by atoms with Crippen molar-refractivity contribution in [2.24, 2.45) is 0 Å². The van der Waals surface area contributed by atoms with Crippen LogP contribution in [-0.4, -0.2) is 9.55 Å². The number of nitrogens with zero attached hydrogens (tertiary/aromatic N) is 2. The first-order valence-corrected chi connectivity index (χ1v) is 7.74. The van der Waals surface area contributed by atoms with Crippen molar-refractivity contribution in [1.82, 2.24) is 9.55 Å². The van der Waals surface area contributed by atoms with Crippen LogP contribution in [0.2, 0.25) is 0 Å². The first kappa shape index (κ1) is 12.0. The molecule has 0 aliphatic heterocycles. The minimum atomic E-state index is 0.594. The van der Waals surface area contributed by atoms with E-state index < -0.39 is 0 Å². The molecular weight excluding hydrogens is 246 g/mol. The molecule has 0 saturated heterocycles. The van der Waals surface area contributed by atoms with E-state index in [9.17, 15) is 0 Å². The number of nitrogen functional groups attached to an aromatic ring is 1. The molecule has 0 unspecified atom stereocenters. The number of aryl methyl sites for hydroxylation is 1. The summed E-state index contributed by atoms with van der Waals surface area (Å²) >= 11 is 0. The van der Waals surface area contributed by atoms with Gasteiger partial charge in [0.05, 0.1) is 0 Å². The third-order valence-corrected chi connectivity index (χ3v) is 4.48. The first-order chi connectivity index (χ1) is 9.78. The van der Waals surface area contributed by atoms with Crippen molar-refractivity contribution < 1.29 is 0 Å². The van der Waals surface area contributed by atoms with E-state index in [1.54, 1.807) is 0 Å². The molecule has 104 valence electrons. The van der Waals surface area contributed by atoms with Crippen molar-refractivity contribution in [1.29, 1.82) is 0 Å². The largest absolute Gasteiger partial charge is 0.383 e. The molecule has 2 N–H and O–H groups in total. The number of hydrogen-bond donors (Lipinski definition) is 1. The average molecular weight is 267 g/mol. The lowest BCUT2D eigenvalue weighted by Crippen LogP contribution is -2.04. The highest BCUT2D eigenvalue weighted by atomic mass is 15.2. The molecule has 0 amide bonds. The molecule has 1 heterocycles. The van der Waals surface area contributed by atoms with Gasteiger partial charge in [-0.25, -0.2) is 4.98 Å². The summed E-state index contributed by atoms with van der Waals surface area (Å²) in [5, 5.41) is 0. The lowest BCUT2D eigenvalue weighted by atomic mass is 10.1. The van der Waals surface area contributed by atoms with Crippen LogP contribution in [-0.2, 0) is 6.42 Å². The van der Waals surface area contributed by atoms with Crippen molar-refractivity contribution in [3.05, 3.63) is 35.7 Å². The molecule has 0 atom stereocenters. The van der Waals surface area contributed by atoms with Crippen LogP contribution in [0.25, 0.3) is 11.3 Å². The molecule has 2 aromatic rings. The van der Waals surface area contributed by atoms with E-state index in [-0.39, 0.29) is 0 Å². The van der Waals surface area contributed by atoms with Crippen LogP contribution >= 0.6 is 0 Å². The summed E-state index contributed by atoms with van der Waals surface area (Å²) in [5.74, 6) is 2.78. The van der Waals surface area contributed by atoms with Crippen molar-refractivity contribution in [3.63, 3.8) is 0 Å². The lowest BCUT2D eigenvalue weighted by Gasteiger charge is -2.06. The number of nitrogens with two attached hydrogens (primary N) is 1. The Hall–Kier alpha value is -1.77. The Labute approximate surface area is 119 Å². The summed E-state index contributed by atoms with van der Waals surface area (Å²) in [7, 11) is 0. The molecular formula is C17H21N3. The summed E-state index contributed by atoms with van der Waals surface area (Å²) in [6.07, 6.45) is 6.12. The van der Waals surface area contributed by atoms with E-state index >= 15 is 0 Å². The van der Waals surface area contributed by atoms with Gasteiger partial charge in [-0.15, -0.1) is 0 Å².